The van der Waals surface area contributed by atoms with E-state index >= 15 is 0 Å². The normalized spacial score (nSPS) is 14.6. The minimum absolute atomic E-state index is 0.140. The fourth-order valence-electron chi connectivity index (χ4n) is 2.95. The molecule has 3 rings (SSSR count). The molecule has 2 fully saturated rings. The first-order valence-corrected chi connectivity index (χ1v) is 11.1. The molecule has 7 nitrogen and oxygen atoms in total. The van der Waals surface area contributed by atoms with Gasteiger partial charge in [-0.25, -0.2) is 4.79 Å². The van der Waals surface area contributed by atoms with Crippen molar-refractivity contribution >= 4 is 17.8 Å². The lowest BCUT2D eigenvalue weighted by Crippen LogP contribution is -2.30. The van der Waals surface area contributed by atoms with E-state index in [1.165, 1.54) is 4.90 Å². The van der Waals surface area contributed by atoms with Gasteiger partial charge < -0.3 is 14.9 Å². The molecule has 7 heteroatoms. The third-order valence-corrected chi connectivity index (χ3v) is 4.42. The predicted molar refractivity (Wildman–Crippen MR) is 120 cm³/mol. The van der Waals surface area contributed by atoms with Crippen LogP contribution in [-0.4, -0.2) is 58.9 Å². The Balaban J connectivity index is 0.000000585. The first-order valence-electron chi connectivity index (χ1n) is 11.1. The number of carbonyl (C=O) groups is 3. The van der Waals surface area contributed by atoms with Crippen LogP contribution < -0.4 is 5.32 Å². The summed E-state index contributed by atoms with van der Waals surface area (Å²) in [5.41, 5.74) is 0.965. The summed E-state index contributed by atoms with van der Waals surface area (Å²) in [5.74, 6) is -0.0254. The largest absolute Gasteiger partial charge is 0.392 e. The molecule has 0 aromatic heterocycles. The minimum atomic E-state index is -0.314. The molecule has 0 saturated carbocycles. The summed E-state index contributed by atoms with van der Waals surface area (Å²) in [6.07, 6.45) is 4.31. The van der Waals surface area contributed by atoms with E-state index in [9.17, 15) is 14.4 Å². The molecule has 1 aromatic rings. The molecule has 4 amide bonds. The van der Waals surface area contributed by atoms with E-state index < -0.39 is 0 Å². The van der Waals surface area contributed by atoms with Crippen LogP contribution in [0.4, 0.5) is 4.79 Å². The van der Waals surface area contributed by atoms with Gasteiger partial charge in [-0.1, -0.05) is 58.0 Å². The van der Waals surface area contributed by atoms with Gasteiger partial charge in [0.25, 0.3) is 0 Å². The van der Waals surface area contributed by atoms with Crippen molar-refractivity contribution in [2.45, 2.75) is 66.4 Å². The molecule has 2 heterocycles. The molecular formula is C23H39N3O4. The molecular weight excluding hydrogens is 382 g/mol. The van der Waals surface area contributed by atoms with Gasteiger partial charge in [0, 0.05) is 26.1 Å². The molecule has 2 N–H and O–H groups in total. The number of hydrogen-bond acceptors (Lipinski definition) is 4. The highest BCUT2D eigenvalue weighted by molar-refractivity contribution is 6.01. The van der Waals surface area contributed by atoms with E-state index in [0.717, 1.165) is 44.3 Å². The standard InChI is InChI=1S/C12H19N3O3.C7H8O.2C2H6/c16-10-9-15(12(18)13-10)8-2-1-5-11(17)14-6-3-4-7-14;8-6-7-4-2-1-3-5-7;2*1-2/h1-9H2,(H,13,16,18);1-5,8H,6H2;2*1-2H3. The van der Waals surface area contributed by atoms with Gasteiger partial charge in [-0.15, -0.1) is 0 Å². The second-order valence-corrected chi connectivity index (χ2v) is 6.46. The molecule has 0 radical (unpaired) electrons. The fourth-order valence-corrected chi connectivity index (χ4v) is 2.95. The van der Waals surface area contributed by atoms with Gasteiger partial charge in [0.1, 0.15) is 6.54 Å². The van der Waals surface area contributed by atoms with Crippen molar-refractivity contribution in [3.63, 3.8) is 0 Å². The molecule has 2 aliphatic heterocycles. The smallest absolute Gasteiger partial charge is 0.324 e. The summed E-state index contributed by atoms with van der Waals surface area (Å²) < 4.78 is 0. The molecule has 30 heavy (non-hydrogen) atoms. The summed E-state index contributed by atoms with van der Waals surface area (Å²) in [5, 5.41) is 10.8. The Morgan fingerprint density at radius 1 is 1.00 bits per heavy atom. The van der Waals surface area contributed by atoms with Crippen molar-refractivity contribution in [2.24, 2.45) is 0 Å². The van der Waals surface area contributed by atoms with Crippen molar-refractivity contribution in [1.29, 1.82) is 0 Å². The number of hydrogen-bond donors (Lipinski definition) is 2. The van der Waals surface area contributed by atoms with Gasteiger partial charge in [0.05, 0.1) is 6.61 Å². The Hall–Kier alpha value is -2.41. The van der Waals surface area contributed by atoms with Gasteiger partial charge >= 0.3 is 6.03 Å². The SMILES string of the molecule is CC.CC.O=C1CN(CCCCC(=O)N2CCCC2)C(=O)N1.OCc1ccccc1. The average molecular weight is 422 g/mol. The maximum absolute atomic E-state index is 11.7. The van der Waals surface area contributed by atoms with Crippen LogP contribution in [0.2, 0.25) is 0 Å². The number of carbonyl (C=O) groups excluding carboxylic acids is 3. The van der Waals surface area contributed by atoms with E-state index in [-0.39, 0.29) is 31.0 Å². The van der Waals surface area contributed by atoms with Crippen molar-refractivity contribution in [2.75, 3.05) is 26.2 Å². The quantitative estimate of drug-likeness (QED) is 0.543. The molecule has 2 saturated heterocycles. The number of amides is 4. The van der Waals surface area contributed by atoms with E-state index in [4.69, 9.17) is 5.11 Å². The number of aliphatic hydroxyl groups excluding tert-OH is 1. The topological polar surface area (TPSA) is 90.0 Å². The van der Waals surface area contributed by atoms with Crippen molar-refractivity contribution in [1.82, 2.24) is 15.1 Å². The molecule has 0 spiro atoms. The summed E-state index contributed by atoms with van der Waals surface area (Å²) in [7, 11) is 0. The van der Waals surface area contributed by atoms with Gasteiger partial charge in [0.2, 0.25) is 11.8 Å². The fraction of sp³-hybridized carbons (Fsp3) is 0.609. The van der Waals surface area contributed by atoms with E-state index in [0.29, 0.717) is 13.0 Å². The monoisotopic (exact) mass is 421 g/mol. The van der Waals surface area contributed by atoms with Crippen molar-refractivity contribution < 1.29 is 19.5 Å². The number of nitrogens with zero attached hydrogens (tertiary/aromatic N) is 2. The van der Waals surface area contributed by atoms with Crippen LogP contribution in [0, 0.1) is 0 Å². The summed E-state index contributed by atoms with van der Waals surface area (Å²) >= 11 is 0. The number of imide groups is 1. The van der Waals surface area contributed by atoms with Gasteiger partial charge in [-0.3, -0.25) is 14.9 Å². The Kier molecular flexibility index (Phi) is 16.0. The molecule has 2 aliphatic rings. The molecule has 0 bridgehead atoms. The highest BCUT2D eigenvalue weighted by Crippen LogP contribution is 2.11. The first-order chi connectivity index (χ1) is 14.6. The average Bonchev–Trinajstić information content (AvgIpc) is 3.45. The van der Waals surface area contributed by atoms with Crippen LogP contribution in [0.3, 0.4) is 0 Å². The number of aliphatic hydroxyl groups is 1. The van der Waals surface area contributed by atoms with Crippen LogP contribution >= 0.6 is 0 Å². The number of rotatable bonds is 6. The Labute approximate surface area is 181 Å². The number of urea groups is 1. The summed E-state index contributed by atoms with van der Waals surface area (Å²) in [6.45, 7) is 10.6. The number of unbranched alkanes of at least 4 members (excludes halogenated alkanes) is 1. The van der Waals surface area contributed by atoms with Crippen LogP contribution in [0.5, 0.6) is 0 Å². The number of likely N-dealkylation sites (tertiary alicyclic amines) is 1. The van der Waals surface area contributed by atoms with E-state index in [2.05, 4.69) is 5.32 Å². The maximum Gasteiger partial charge on any atom is 0.324 e. The van der Waals surface area contributed by atoms with Crippen LogP contribution in [-0.2, 0) is 16.2 Å². The van der Waals surface area contributed by atoms with Crippen LogP contribution in [0.15, 0.2) is 30.3 Å². The van der Waals surface area contributed by atoms with Crippen molar-refractivity contribution in [3.8, 4) is 0 Å². The lowest BCUT2D eigenvalue weighted by molar-refractivity contribution is -0.130. The molecule has 1 aromatic carbocycles. The minimum Gasteiger partial charge on any atom is -0.392 e. The van der Waals surface area contributed by atoms with Crippen LogP contribution in [0.25, 0.3) is 0 Å². The number of benzene rings is 1. The first kappa shape index (κ1) is 27.6. The zero-order valence-electron chi connectivity index (χ0n) is 19.0. The maximum atomic E-state index is 11.7. The highest BCUT2D eigenvalue weighted by atomic mass is 16.3. The number of nitrogens with one attached hydrogen (secondary N) is 1. The third-order valence-electron chi connectivity index (χ3n) is 4.42. The Bertz CT molecular complexity index is 602. The Morgan fingerprint density at radius 2 is 1.60 bits per heavy atom. The molecule has 0 unspecified atom stereocenters. The lowest BCUT2D eigenvalue weighted by Gasteiger charge is -2.16. The molecule has 170 valence electrons. The molecule has 0 atom stereocenters. The predicted octanol–water partition coefficient (Wildman–Crippen LogP) is 3.56. The van der Waals surface area contributed by atoms with Crippen molar-refractivity contribution in [3.05, 3.63) is 35.9 Å². The van der Waals surface area contributed by atoms with E-state index in [1.807, 2.05) is 62.9 Å². The zero-order valence-corrected chi connectivity index (χ0v) is 19.0. The summed E-state index contributed by atoms with van der Waals surface area (Å²) in [6, 6.07) is 9.21. The molecule has 0 aliphatic carbocycles. The van der Waals surface area contributed by atoms with Gasteiger partial charge in [-0.05, 0) is 31.2 Å². The lowest BCUT2D eigenvalue weighted by atomic mass is 10.2. The second-order valence-electron chi connectivity index (χ2n) is 6.46. The third kappa shape index (κ3) is 11.0. The van der Waals surface area contributed by atoms with Gasteiger partial charge in [0.15, 0.2) is 0 Å². The highest BCUT2D eigenvalue weighted by Gasteiger charge is 2.25. The zero-order chi connectivity index (χ0) is 22.8. The Morgan fingerprint density at radius 3 is 2.07 bits per heavy atom. The van der Waals surface area contributed by atoms with E-state index in [1.54, 1.807) is 0 Å². The van der Waals surface area contributed by atoms with Crippen LogP contribution in [0.1, 0.15) is 65.4 Å². The van der Waals surface area contributed by atoms with Gasteiger partial charge in [-0.2, -0.15) is 0 Å². The summed E-state index contributed by atoms with van der Waals surface area (Å²) in [4.78, 5) is 37.3. The second kappa shape index (κ2) is 17.4.